The van der Waals surface area contributed by atoms with Crippen molar-refractivity contribution in [3.63, 3.8) is 0 Å². The number of carbonyl (C=O) groups excluding carboxylic acids is 3. The van der Waals surface area contributed by atoms with Crippen LogP contribution in [-0.4, -0.2) is 42.4 Å². The fourth-order valence-corrected chi connectivity index (χ4v) is 4.33. The standard InChI is InChI=1S/C27H35N3O4/c1-19-14-20(2)17-30(16-19)26(32)23-12-11-21(3)24(15-23)29-25(31)10-7-13-28-27(33)34-18-22-8-5-4-6-9-22/h4-6,8-9,11-12,15,19-20H,7,10,13-14,16-18H2,1-3H3,(H,28,33)(H,29,31). The summed E-state index contributed by atoms with van der Waals surface area (Å²) in [5.74, 6) is 0.822. The Balaban J connectivity index is 1.43. The number of aryl methyl sites for hydroxylation is 1. The summed E-state index contributed by atoms with van der Waals surface area (Å²) < 4.78 is 5.16. The first-order chi connectivity index (χ1) is 16.3. The maximum absolute atomic E-state index is 13.0. The molecule has 1 heterocycles. The lowest BCUT2D eigenvalue weighted by molar-refractivity contribution is -0.116. The van der Waals surface area contributed by atoms with E-state index in [1.54, 1.807) is 6.07 Å². The van der Waals surface area contributed by atoms with Gasteiger partial charge in [-0.15, -0.1) is 0 Å². The van der Waals surface area contributed by atoms with Gasteiger partial charge in [0.2, 0.25) is 5.91 Å². The van der Waals surface area contributed by atoms with Crippen molar-refractivity contribution in [1.82, 2.24) is 10.2 Å². The van der Waals surface area contributed by atoms with Crippen LogP contribution >= 0.6 is 0 Å². The number of rotatable bonds is 8. The number of anilines is 1. The molecule has 34 heavy (non-hydrogen) atoms. The summed E-state index contributed by atoms with van der Waals surface area (Å²) in [7, 11) is 0. The van der Waals surface area contributed by atoms with E-state index in [4.69, 9.17) is 4.74 Å². The minimum Gasteiger partial charge on any atom is -0.445 e. The van der Waals surface area contributed by atoms with Gasteiger partial charge in [0, 0.05) is 37.3 Å². The largest absolute Gasteiger partial charge is 0.445 e. The molecule has 0 spiro atoms. The number of hydrogen-bond donors (Lipinski definition) is 2. The highest BCUT2D eigenvalue weighted by atomic mass is 16.5. The molecule has 1 aliphatic heterocycles. The summed E-state index contributed by atoms with van der Waals surface area (Å²) in [5, 5.41) is 5.57. The molecule has 2 aromatic carbocycles. The van der Waals surface area contributed by atoms with Crippen molar-refractivity contribution in [2.24, 2.45) is 11.8 Å². The van der Waals surface area contributed by atoms with Gasteiger partial charge in [-0.3, -0.25) is 9.59 Å². The van der Waals surface area contributed by atoms with E-state index in [9.17, 15) is 14.4 Å². The second-order valence-electron chi connectivity index (χ2n) is 9.33. The van der Waals surface area contributed by atoms with E-state index in [1.165, 1.54) is 0 Å². The molecule has 1 aliphatic rings. The van der Waals surface area contributed by atoms with Crippen LogP contribution in [0.2, 0.25) is 0 Å². The molecule has 3 rings (SSSR count). The van der Waals surface area contributed by atoms with Crippen molar-refractivity contribution in [3.8, 4) is 0 Å². The molecule has 0 bridgehead atoms. The lowest BCUT2D eigenvalue weighted by Gasteiger charge is -2.35. The molecule has 1 saturated heterocycles. The molecule has 2 unspecified atom stereocenters. The molecule has 0 aromatic heterocycles. The molecule has 1 fully saturated rings. The van der Waals surface area contributed by atoms with Gasteiger partial charge in [0.15, 0.2) is 0 Å². The van der Waals surface area contributed by atoms with Crippen molar-refractivity contribution in [2.45, 2.75) is 46.6 Å². The average Bonchev–Trinajstić information content (AvgIpc) is 2.81. The predicted octanol–water partition coefficient (Wildman–Crippen LogP) is 4.76. The zero-order valence-electron chi connectivity index (χ0n) is 20.3. The summed E-state index contributed by atoms with van der Waals surface area (Å²) in [6.45, 7) is 8.32. The van der Waals surface area contributed by atoms with Gasteiger partial charge in [-0.1, -0.05) is 50.2 Å². The Morgan fingerprint density at radius 3 is 2.44 bits per heavy atom. The molecule has 182 valence electrons. The van der Waals surface area contributed by atoms with Gasteiger partial charge < -0.3 is 20.3 Å². The van der Waals surface area contributed by atoms with Crippen molar-refractivity contribution >= 4 is 23.6 Å². The summed E-state index contributed by atoms with van der Waals surface area (Å²) in [6, 6.07) is 14.9. The normalized spacial score (nSPS) is 17.7. The number of likely N-dealkylation sites (tertiary alicyclic amines) is 1. The maximum Gasteiger partial charge on any atom is 0.407 e. The molecule has 0 radical (unpaired) electrons. The van der Waals surface area contributed by atoms with E-state index in [2.05, 4.69) is 24.5 Å². The molecule has 2 aromatic rings. The van der Waals surface area contributed by atoms with Crippen LogP contribution in [0.3, 0.4) is 0 Å². The van der Waals surface area contributed by atoms with Crippen LogP contribution in [0.4, 0.5) is 10.5 Å². The Kier molecular flexibility index (Phi) is 9.08. The highest BCUT2D eigenvalue weighted by Gasteiger charge is 2.26. The molecule has 0 saturated carbocycles. The zero-order valence-corrected chi connectivity index (χ0v) is 20.3. The monoisotopic (exact) mass is 465 g/mol. The summed E-state index contributed by atoms with van der Waals surface area (Å²) in [4.78, 5) is 39.2. The number of piperidine rings is 1. The number of ether oxygens (including phenoxy) is 1. The van der Waals surface area contributed by atoms with Gasteiger partial charge in [0.05, 0.1) is 0 Å². The first kappa shape index (κ1) is 25.3. The van der Waals surface area contributed by atoms with Gasteiger partial charge in [-0.2, -0.15) is 0 Å². The Labute approximate surface area is 201 Å². The highest BCUT2D eigenvalue weighted by Crippen LogP contribution is 2.24. The fourth-order valence-electron chi connectivity index (χ4n) is 4.33. The van der Waals surface area contributed by atoms with Crippen molar-refractivity contribution in [1.29, 1.82) is 0 Å². The van der Waals surface area contributed by atoms with Crippen LogP contribution in [0, 0.1) is 18.8 Å². The number of amides is 3. The van der Waals surface area contributed by atoms with Crippen molar-refractivity contribution < 1.29 is 19.1 Å². The molecule has 0 aliphatic carbocycles. The molecule has 2 atom stereocenters. The second-order valence-corrected chi connectivity index (χ2v) is 9.33. The van der Waals surface area contributed by atoms with Crippen molar-refractivity contribution in [3.05, 3.63) is 65.2 Å². The minimum atomic E-state index is -0.507. The zero-order chi connectivity index (χ0) is 24.5. The Hall–Kier alpha value is -3.35. The van der Waals surface area contributed by atoms with E-state index >= 15 is 0 Å². The predicted molar refractivity (Wildman–Crippen MR) is 133 cm³/mol. The summed E-state index contributed by atoms with van der Waals surface area (Å²) >= 11 is 0. The maximum atomic E-state index is 13.0. The van der Waals surface area contributed by atoms with Crippen LogP contribution in [0.5, 0.6) is 0 Å². The van der Waals surface area contributed by atoms with Crippen LogP contribution in [-0.2, 0) is 16.1 Å². The highest BCUT2D eigenvalue weighted by molar-refractivity contribution is 5.97. The van der Waals surface area contributed by atoms with E-state index in [-0.39, 0.29) is 24.8 Å². The van der Waals surface area contributed by atoms with Gasteiger partial charge in [0.25, 0.3) is 5.91 Å². The third-order valence-corrected chi connectivity index (χ3v) is 5.98. The molecule has 7 heteroatoms. The number of hydrogen-bond acceptors (Lipinski definition) is 4. The van der Waals surface area contributed by atoms with E-state index < -0.39 is 6.09 Å². The van der Waals surface area contributed by atoms with E-state index in [0.29, 0.717) is 36.1 Å². The van der Waals surface area contributed by atoms with Gasteiger partial charge >= 0.3 is 6.09 Å². The Bertz CT molecular complexity index is 983. The molecule has 7 nitrogen and oxygen atoms in total. The SMILES string of the molecule is Cc1ccc(C(=O)N2CC(C)CC(C)C2)cc1NC(=O)CCCNC(=O)OCc1ccccc1. The van der Waals surface area contributed by atoms with Gasteiger partial charge in [-0.25, -0.2) is 4.79 Å². The minimum absolute atomic E-state index is 0.00659. The molecule has 3 amide bonds. The Morgan fingerprint density at radius 2 is 1.74 bits per heavy atom. The van der Waals surface area contributed by atoms with Crippen LogP contribution in [0.15, 0.2) is 48.5 Å². The summed E-state index contributed by atoms with van der Waals surface area (Å²) in [5.41, 5.74) is 3.04. The molecule has 2 N–H and O–H groups in total. The third kappa shape index (κ3) is 7.61. The second kappa shape index (κ2) is 12.2. The third-order valence-electron chi connectivity index (χ3n) is 5.98. The lowest BCUT2D eigenvalue weighted by atomic mass is 9.91. The number of nitrogens with zero attached hydrogens (tertiary/aromatic N) is 1. The fraction of sp³-hybridized carbons (Fsp3) is 0.444. The first-order valence-electron chi connectivity index (χ1n) is 12.0. The van der Waals surface area contributed by atoms with Crippen LogP contribution < -0.4 is 10.6 Å². The van der Waals surface area contributed by atoms with Crippen LogP contribution in [0.25, 0.3) is 0 Å². The van der Waals surface area contributed by atoms with Crippen LogP contribution in [0.1, 0.15) is 54.6 Å². The first-order valence-corrected chi connectivity index (χ1v) is 12.0. The molecular formula is C27H35N3O4. The number of nitrogens with one attached hydrogen (secondary N) is 2. The average molecular weight is 466 g/mol. The number of alkyl carbamates (subject to hydrolysis) is 1. The van der Waals surface area contributed by atoms with Crippen molar-refractivity contribution in [2.75, 3.05) is 25.0 Å². The summed E-state index contributed by atoms with van der Waals surface area (Å²) in [6.07, 6.45) is 1.36. The smallest absolute Gasteiger partial charge is 0.407 e. The van der Waals surface area contributed by atoms with E-state index in [1.807, 2.05) is 54.3 Å². The molecular weight excluding hydrogens is 430 g/mol. The van der Waals surface area contributed by atoms with E-state index in [0.717, 1.165) is 30.6 Å². The van der Waals surface area contributed by atoms with Gasteiger partial charge in [-0.05, 0) is 54.9 Å². The topological polar surface area (TPSA) is 87.7 Å². The Morgan fingerprint density at radius 1 is 1.03 bits per heavy atom. The number of carbonyl (C=O) groups is 3. The number of benzene rings is 2. The van der Waals surface area contributed by atoms with Gasteiger partial charge in [0.1, 0.15) is 6.61 Å². The lowest BCUT2D eigenvalue weighted by Crippen LogP contribution is -2.42. The quantitative estimate of drug-likeness (QED) is 0.551.